The molecule has 4 heterocycles. The van der Waals surface area contributed by atoms with Crippen LogP contribution in [0.5, 0.6) is 23.0 Å². The molecule has 0 aliphatic carbocycles. The van der Waals surface area contributed by atoms with Crippen molar-refractivity contribution in [3.05, 3.63) is 108 Å². The fourth-order valence-electron chi connectivity index (χ4n) is 3.93. The molecule has 0 atom stereocenters. The van der Waals surface area contributed by atoms with Gasteiger partial charge in [-0.2, -0.15) is 0 Å². The Morgan fingerprint density at radius 3 is 1.39 bits per heavy atom. The number of fused-ring (bicyclic) bond motifs is 4. The molecule has 2 aromatic carbocycles. The second-order valence-corrected chi connectivity index (χ2v) is 6.69. The van der Waals surface area contributed by atoms with Crippen LogP contribution in [0.2, 0.25) is 0 Å². The van der Waals surface area contributed by atoms with Crippen molar-refractivity contribution in [3.63, 3.8) is 0 Å². The molecule has 4 heteroatoms. The third-order valence-corrected chi connectivity index (χ3v) is 5.11. The summed E-state index contributed by atoms with van der Waals surface area (Å²) in [6.45, 7) is 0. The van der Waals surface area contributed by atoms with Crippen LogP contribution in [0.4, 0.5) is 0 Å². The number of benzene rings is 2. The number of hydrogen-bond donors (Lipinski definition) is 0. The van der Waals surface area contributed by atoms with Gasteiger partial charge in [-0.3, -0.25) is 9.97 Å². The largest absolute Gasteiger partial charge is 0.454 e. The summed E-state index contributed by atoms with van der Waals surface area (Å²) < 4.78 is 12.3. The van der Waals surface area contributed by atoms with Crippen molar-refractivity contribution in [1.82, 2.24) is 9.97 Å². The average molecular weight is 362 g/mol. The molecule has 6 rings (SSSR count). The first-order valence-electron chi connectivity index (χ1n) is 9.08. The van der Waals surface area contributed by atoms with Crippen LogP contribution in [0.25, 0.3) is 11.1 Å². The summed E-state index contributed by atoms with van der Waals surface area (Å²) in [6, 6.07) is 20.2. The van der Waals surface area contributed by atoms with Crippen molar-refractivity contribution in [2.75, 3.05) is 0 Å². The zero-order valence-electron chi connectivity index (χ0n) is 14.8. The first kappa shape index (κ1) is 15.2. The fraction of sp³-hybridized carbons (Fsp3) is 0. The summed E-state index contributed by atoms with van der Waals surface area (Å²) in [5.74, 6) is 3.15. The predicted octanol–water partition coefficient (Wildman–Crippen LogP) is 5.70. The Morgan fingerprint density at radius 2 is 0.893 bits per heavy atom. The quantitative estimate of drug-likeness (QED) is 0.348. The maximum absolute atomic E-state index is 6.13. The Labute approximate surface area is 161 Å². The monoisotopic (exact) mass is 362 g/mol. The molecule has 0 bridgehead atoms. The Hall–Kier alpha value is -3.92. The van der Waals surface area contributed by atoms with Crippen molar-refractivity contribution in [2.45, 2.75) is 0 Å². The molecule has 0 spiro atoms. The van der Waals surface area contributed by atoms with Crippen LogP contribution in [0, 0.1) is 0 Å². The normalized spacial score (nSPS) is 16.0. The summed E-state index contributed by atoms with van der Waals surface area (Å²) in [5.41, 5.74) is 6.36. The zero-order valence-corrected chi connectivity index (χ0v) is 14.8. The summed E-state index contributed by atoms with van der Waals surface area (Å²) in [6.07, 6.45) is 7.14. The van der Waals surface area contributed by atoms with Crippen molar-refractivity contribution in [2.24, 2.45) is 0 Å². The Kier molecular flexibility index (Phi) is 3.14. The summed E-state index contributed by atoms with van der Waals surface area (Å²) in [7, 11) is 0. The summed E-state index contributed by atoms with van der Waals surface area (Å²) in [5, 5.41) is 0. The van der Waals surface area contributed by atoms with Gasteiger partial charge in [-0.1, -0.05) is 36.4 Å². The van der Waals surface area contributed by atoms with Gasteiger partial charge >= 0.3 is 0 Å². The molecule has 2 aromatic heterocycles. The van der Waals surface area contributed by atoms with E-state index in [0.717, 1.165) is 56.4 Å². The average Bonchev–Trinajstić information content (AvgIpc) is 2.76. The van der Waals surface area contributed by atoms with Gasteiger partial charge in [0.05, 0.1) is 12.4 Å². The first-order valence-corrected chi connectivity index (χ1v) is 9.08. The van der Waals surface area contributed by atoms with E-state index in [2.05, 4.69) is 22.1 Å². The molecule has 2 aliphatic rings. The molecule has 0 radical (unpaired) electrons. The molecular weight excluding hydrogens is 348 g/mol. The number of hydrogen-bond acceptors (Lipinski definition) is 4. The lowest BCUT2D eigenvalue weighted by Gasteiger charge is -2.29. The first-order chi connectivity index (χ1) is 13.9. The number of nitrogens with zero attached hydrogens (tertiary/aromatic N) is 2. The van der Waals surface area contributed by atoms with Crippen molar-refractivity contribution in [3.8, 4) is 23.0 Å². The predicted molar refractivity (Wildman–Crippen MR) is 107 cm³/mol. The second kappa shape index (κ2) is 5.79. The van der Waals surface area contributed by atoms with Crippen molar-refractivity contribution >= 4 is 11.1 Å². The molecule has 132 valence electrons. The Morgan fingerprint density at radius 1 is 0.464 bits per heavy atom. The van der Waals surface area contributed by atoms with Gasteiger partial charge in [-0.15, -0.1) is 0 Å². The van der Waals surface area contributed by atoms with Gasteiger partial charge in [-0.25, -0.2) is 0 Å². The van der Waals surface area contributed by atoms with Gasteiger partial charge in [0.2, 0.25) is 0 Å². The Bertz CT molecular complexity index is 1080. The van der Waals surface area contributed by atoms with Crippen LogP contribution in [-0.4, -0.2) is 9.97 Å². The minimum Gasteiger partial charge on any atom is -0.454 e. The van der Waals surface area contributed by atoms with Crippen molar-refractivity contribution in [1.29, 1.82) is 0 Å². The molecule has 0 unspecified atom stereocenters. The lowest BCUT2D eigenvalue weighted by atomic mass is 9.83. The van der Waals surface area contributed by atoms with E-state index in [1.807, 2.05) is 48.5 Å². The smallest absolute Gasteiger partial charge is 0.153 e. The van der Waals surface area contributed by atoms with Crippen LogP contribution in [0.15, 0.2) is 85.5 Å². The van der Waals surface area contributed by atoms with Crippen LogP contribution in [0.3, 0.4) is 0 Å². The zero-order chi connectivity index (χ0) is 18.5. The van der Waals surface area contributed by atoms with E-state index >= 15 is 0 Å². The van der Waals surface area contributed by atoms with Crippen molar-refractivity contribution < 1.29 is 9.47 Å². The molecule has 0 N–H and O–H groups in total. The molecule has 4 aromatic rings. The van der Waals surface area contributed by atoms with E-state index in [4.69, 9.17) is 9.47 Å². The third-order valence-electron chi connectivity index (χ3n) is 5.11. The van der Waals surface area contributed by atoms with E-state index in [-0.39, 0.29) is 0 Å². The highest BCUT2D eigenvalue weighted by Gasteiger charge is 2.30. The van der Waals surface area contributed by atoms with Gasteiger partial charge in [-0.05, 0) is 24.3 Å². The van der Waals surface area contributed by atoms with Gasteiger partial charge < -0.3 is 9.47 Å². The van der Waals surface area contributed by atoms with Crippen LogP contribution in [0.1, 0.15) is 22.3 Å². The van der Waals surface area contributed by atoms with Gasteiger partial charge in [0.15, 0.2) is 11.5 Å². The van der Waals surface area contributed by atoms with E-state index in [9.17, 15) is 0 Å². The molecule has 28 heavy (non-hydrogen) atoms. The van der Waals surface area contributed by atoms with Crippen LogP contribution in [-0.2, 0) is 0 Å². The fourth-order valence-corrected chi connectivity index (χ4v) is 3.93. The van der Waals surface area contributed by atoms with Gasteiger partial charge in [0, 0.05) is 45.8 Å². The highest BCUT2D eigenvalue weighted by atomic mass is 16.5. The summed E-state index contributed by atoms with van der Waals surface area (Å²) in [4.78, 5) is 8.51. The standard InChI is InChI=1S/C24H14N2O2/c1-3-7-19-15(5-1)23(17-9-11-25-13-21(17)27-19)24-16-6-2-4-8-20(16)28-22-14-26-12-10-18(22)24/h1-14H. The minimum absolute atomic E-state index is 0.753. The molecule has 0 saturated heterocycles. The maximum atomic E-state index is 6.13. The lowest BCUT2D eigenvalue weighted by Crippen LogP contribution is -2.09. The summed E-state index contributed by atoms with van der Waals surface area (Å²) >= 11 is 0. The van der Waals surface area contributed by atoms with E-state index < -0.39 is 0 Å². The molecule has 4 nitrogen and oxygen atoms in total. The second-order valence-electron chi connectivity index (χ2n) is 6.69. The molecule has 2 aliphatic heterocycles. The number of aromatic nitrogens is 2. The number of rotatable bonds is 0. The van der Waals surface area contributed by atoms with E-state index in [0.29, 0.717) is 0 Å². The van der Waals surface area contributed by atoms with Crippen LogP contribution < -0.4 is 9.47 Å². The molecule has 0 saturated carbocycles. The van der Waals surface area contributed by atoms with E-state index in [1.54, 1.807) is 24.8 Å². The van der Waals surface area contributed by atoms with Crippen LogP contribution >= 0.6 is 0 Å². The number of para-hydroxylation sites is 2. The SMILES string of the molecule is c1ccc2c(c1)Oc1cnccc1C2=C1c2ccccc2Oc2cnccc21. The number of ether oxygens (including phenoxy) is 2. The van der Waals surface area contributed by atoms with Gasteiger partial charge in [0.25, 0.3) is 0 Å². The molecule has 0 fully saturated rings. The Balaban J connectivity index is 1.80. The molecular formula is C24H14N2O2. The highest BCUT2D eigenvalue weighted by Crippen LogP contribution is 2.52. The number of pyridine rings is 2. The molecule has 0 amide bonds. The van der Waals surface area contributed by atoms with E-state index in [1.165, 1.54) is 0 Å². The lowest BCUT2D eigenvalue weighted by molar-refractivity contribution is 0.469. The van der Waals surface area contributed by atoms with Gasteiger partial charge in [0.1, 0.15) is 11.5 Å². The highest BCUT2D eigenvalue weighted by molar-refractivity contribution is 6.09. The topological polar surface area (TPSA) is 44.2 Å². The minimum atomic E-state index is 0.753. The third kappa shape index (κ3) is 2.12. The maximum Gasteiger partial charge on any atom is 0.153 e.